The Balaban J connectivity index is 1.65. The monoisotopic (exact) mass is 450 g/mol. The number of methoxy groups -OCH3 is 1. The molecule has 30 heavy (non-hydrogen) atoms. The number of hydrogen-bond donors (Lipinski definition) is 1. The summed E-state index contributed by atoms with van der Waals surface area (Å²) >= 11 is 5.87. The molecular formula is C22H27ClN2O4S. The predicted molar refractivity (Wildman–Crippen MR) is 117 cm³/mol. The first kappa shape index (κ1) is 22.6. The van der Waals surface area contributed by atoms with Crippen molar-refractivity contribution in [2.24, 2.45) is 0 Å². The number of amides is 1. The molecule has 2 aromatic carbocycles. The van der Waals surface area contributed by atoms with E-state index in [4.69, 9.17) is 16.3 Å². The average Bonchev–Trinajstić information content (AvgIpc) is 2.77. The molecule has 0 atom stereocenters. The summed E-state index contributed by atoms with van der Waals surface area (Å²) in [4.78, 5) is 12.5. The van der Waals surface area contributed by atoms with Crippen molar-refractivity contribution in [2.75, 3.05) is 20.2 Å². The molecule has 0 spiro atoms. The van der Waals surface area contributed by atoms with Crippen molar-refractivity contribution in [3.63, 3.8) is 0 Å². The minimum absolute atomic E-state index is 0.115. The van der Waals surface area contributed by atoms with E-state index in [1.54, 1.807) is 34.6 Å². The van der Waals surface area contributed by atoms with Crippen LogP contribution in [0.4, 0.5) is 0 Å². The summed E-state index contributed by atoms with van der Waals surface area (Å²) in [5, 5.41) is 3.52. The molecule has 1 N–H and O–H groups in total. The predicted octanol–water partition coefficient (Wildman–Crippen LogP) is 3.77. The first-order valence-corrected chi connectivity index (χ1v) is 11.9. The second-order valence-electron chi connectivity index (χ2n) is 7.34. The van der Waals surface area contributed by atoms with Gasteiger partial charge in [0, 0.05) is 31.1 Å². The zero-order valence-electron chi connectivity index (χ0n) is 17.1. The number of aryl methyl sites for hydroxylation is 1. The van der Waals surface area contributed by atoms with Gasteiger partial charge < -0.3 is 10.1 Å². The molecule has 1 aliphatic rings. The van der Waals surface area contributed by atoms with Gasteiger partial charge in [-0.1, -0.05) is 30.2 Å². The molecule has 6 nitrogen and oxygen atoms in total. The van der Waals surface area contributed by atoms with Gasteiger partial charge in [0.1, 0.15) is 5.75 Å². The minimum Gasteiger partial charge on any atom is -0.496 e. The molecule has 2 aromatic rings. The SMILES string of the molecule is COc1ccc(S(=O)(=O)N2CCCCC2)cc1CCC(=O)NCc1ccc(Cl)cc1. The summed E-state index contributed by atoms with van der Waals surface area (Å²) in [6, 6.07) is 12.2. The number of benzene rings is 2. The van der Waals surface area contributed by atoms with Crippen molar-refractivity contribution < 1.29 is 17.9 Å². The molecule has 1 heterocycles. The van der Waals surface area contributed by atoms with Gasteiger partial charge in [0.05, 0.1) is 12.0 Å². The highest BCUT2D eigenvalue weighted by atomic mass is 35.5. The lowest BCUT2D eigenvalue weighted by molar-refractivity contribution is -0.121. The van der Waals surface area contributed by atoms with Crippen molar-refractivity contribution in [3.05, 3.63) is 58.6 Å². The van der Waals surface area contributed by atoms with Crippen LogP contribution in [-0.4, -0.2) is 38.8 Å². The standard InChI is InChI=1S/C22H27ClN2O4S/c1-29-21-11-10-20(30(27,28)25-13-3-2-4-14-25)15-18(21)7-12-22(26)24-16-17-5-8-19(23)9-6-17/h5-6,8-11,15H,2-4,7,12-14,16H2,1H3,(H,24,26). The molecule has 1 saturated heterocycles. The molecule has 0 unspecified atom stereocenters. The zero-order valence-corrected chi connectivity index (χ0v) is 18.6. The van der Waals surface area contributed by atoms with Gasteiger partial charge in [0.25, 0.3) is 0 Å². The van der Waals surface area contributed by atoms with Crippen molar-refractivity contribution in [1.29, 1.82) is 0 Å². The number of carbonyl (C=O) groups excluding carboxylic acids is 1. The van der Waals surface area contributed by atoms with E-state index in [0.29, 0.717) is 42.4 Å². The smallest absolute Gasteiger partial charge is 0.243 e. The molecule has 1 fully saturated rings. The van der Waals surface area contributed by atoms with Crippen LogP contribution in [0.5, 0.6) is 5.75 Å². The van der Waals surface area contributed by atoms with Crippen LogP contribution in [0.15, 0.2) is 47.4 Å². The van der Waals surface area contributed by atoms with Gasteiger partial charge in [-0.05, 0) is 60.7 Å². The Kier molecular flexibility index (Phi) is 7.75. The highest BCUT2D eigenvalue weighted by Crippen LogP contribution is 2.27. The fourth-order valence-corrected chi connectivity index (χ4v) is 5.20. The van der Waals surface area contributed by atoms with Crippen LogP contribution in [0.3, 0.4) is 0 Å². The lowest BCUT2D eigenvalue weighted by Gasteiger charge is -2.26. The van der Waals surface area contributed by atoms with Gasteiger partial charge in [-0.15, -0.1) is 0 Å². The molecule has 3 rings (SSSR count). The Morgan fingerprint density at radius 3 is 2.47 bits per heavy atom. The van der Waals surface area contributed by atoms with Crippen molar-refractivity contribution in [2.45, 2.75) is 43.5 Å². The van der Waals surface area contributed by atoms with Crippen molar-refractivity contribution in [1.82, 2.24) is 9.62 Å². The van der Waals surface area contributed by atoms with Crippen molar-refractivity contribution in [3.8, 4) is 5.75 Å². The molecule has 0 aromatic heterocycles. The van der Waals surface area contributed by atoms with Gasteiger partial charge in [0.2, 0.25) is 15.9 Å². The van der Waals surface area contributed by atoms with E-state index < -0.39 is 10.0 Å². The molecule has 162 valence electrons. The van der Waals surface area contributed by atoms with Gasteiger partial charge in [0.15, 0.2) is 0 Å². The number of nitrogens with zero attached hydrogens (tertiary/aromatic N) is 1. The lowest BCUT2D eigenvalue weighted by Crippen LogP contribution is -2.35. The van der Waals surface area contributed by atoms with Crippen LogP contribution < -0.4 is 10.1 Å². The summed E-state index contributed by atoms with van der Waals surface area (Å²) in [6.07, 6.45) is 3.45. The van der Waals surface area contributed by atoms with E-state index in [1.165, 1.54) is 7.11 Å². The quantitative estimate of drug-likeness (QED) is 0.664. The van der Waals surface area contributed by atoms with Crippen LogP contribution in [0.2, 0.25) is 5.02 Å². The molecule has 0 radical (unpaired) electrons. The normalized spacial score (nSPS) is 15.0. The second kappa shape index (κ2) is 10.3. The summed E-state index contributed by atoms with van der Waals surface area (Å²) in [5.74, 6) is 0.467. The average molecular weight is 451 g/mol. The van der Waals surface area contributed by atoms with Gasteiger partial charge in [-0.3, -0.25) is 4.79 Å². The minimum atomic E-state index is -3.53. The van der Waals surface area contributed by atoms with E-state index >= 15 is 0 Å². The number of ether oxygens (including phenoxy) is 1. The Morgan fingerprint density at radius 2 is 1.80 bits per heavy atom. The molecule has 0 saturated carbocycles. The lowest BCUT2D eigenvalue weighted by atomic mass is 10.1. The van der Waals surface area contributed by atoms with Gasteiger partial charge in [-0.2, -0.15) is 4.31 Å². The van der Waals surface area contributed by atoms with E-state index in [2.05, 4.69) is 5.32 Å². The third kappa shape index (κ3) is 5.74. The number of sulfonamides is 1. The topological polar surface area (TPSA) is 75.7 Å². The largest absolute Gasteiger partial charge is 0.496 e. The summed E-state index contributed by atoms with van der Waals surface area (Å²) in [7, 11) is -1.99. The number of piperidine rings is 1. The number of hydrogen-bond acceptors (Lipinski definition) is 4. The van der Waals surface area contributed by atoms with Crippen LogP contribution >= 0.6 is 11.6 Å². The third-order valence-electron chi connectivity index (χ3n) is 5.23. The number of carbonyl (C=O) groups is 1. The second-order valence-corrected chi connectivity index (χ2v) is 9.72. The Morgan fingerprint density at radius 1 is 1.10 bits per heavy atom. The number of halogens is 1. The maximum absolute atomic E-state index is 13.0. The van der Waals surface area contributed by atoms with Gasteiger partial charge in [-0.25, -0.2) is 8.42 Å². The number of nitrogens with one attached hydrogen (secondary N) is 1. The zero-order chi connectivity index (χ0) is 21.6. The molecule has 1 aliphatic heterocycles. The fraction of sp³-hybridized carbons (Fsp3) is 0.409. The van der Waals surface area contributed by atoms with Crippen LogP contribution in [0.1, 0.15) is 36.8 Å². The molecule has 0 aliphatic carbocycles. The molecular weight excluding hydrogens is 424 g/mol. The molecule has 1 amide bonds. The first-order chi connectivity index (χ1) is 14.4. The number of rotatable bonds is 8. The summed E-state index contributed by atoms with van der Waals surface area (Å²) in [6.45, 7) is 1.52. The summed E-state index contributed by atoms with van der Waals surface area (Å²) < 4.78 is 32.8. The van der Waals surface area contributed by atoms with Crippen LogP contribution in [-0.2, 0) is 27.8 Å². The van der Waals surface area contributed by atoms with E-state index in [-0.39, 0.29) is 17.2 Å². The Hall–Kier alpha value is -2.09. The molecule has 0 bridgehead atoms. The third-order valence-corrected chi connectivity index (χ3v) is 7.38. The highest BCUT2D eigenvalue weighted by Gasteiger charge is 2.26. The Bertz CT molecular complexity index is 971. The van der Waals surface area contributed by atoms with Crippen LogP contribution in [0.25, 0.3) is 0 Å². The Labute approximate surface area is 183 Å². The maximum atomic E-state index is 13.0. The maximum Gasteiger partial charge on any atom is 0.243 e. The first-order valence-electron chi connectivity index (χ1n) is 10.1. The van der Waals surface area contributed by atoms with Crippen LogP contribution in [0, 0.1) is 0 Å². The van der Waals surface area contributed by atoms with Gasteiger partial charge >= 0.3 is 0 Å². The van der Waals surface area contributed by atoms with E-state index in [1.807, 2.05) is 12.1 Å². The van der Waals surface area contributed by atoms with E-state index in [0.717, 1.165) is 24.8 Å². The fourth-order valence-electron chi connectivity index (χ4n) is 3.50. The highest BCUT2D eigenvalue weighted by molar-refractivity contribution is 7.89. The van der Waals surface area contributed by atoms with Crippen molar-refractivity contribution >= 4 is 27.5 Å². The molecule has 8 heteroatoms. The van der Waals surface area contributed by atoms with E-state index in [9.17, 15) is 13.2 Å². The summed E-state index contributed by atoms with van der Waals surface area (Å²) in [5.41, 5.74) is 1.66.